The van der Waals surface area contributed by atoms with Gasteiger partial charge in [0.1, 0.15) is 31.2 Å². The normalized spacial score (nSPS) is 26.6. The fourth-order valence-electron chi connectivity index (χ4n) is 4.66. The zero-order chi connectivity index (χ0) is 21.3. The van der Waals surface area contributed by atoms with Crippen LogP contribution in [0.5, 0.6) is 0 Å². The minimum Gasteiger partial charge on any atom is -0.367 e. The molecule has 4 rings (SSSR count). The van der Waals surface area contributed by atoms with Gasteiger partial charge in [0.25, 0.3) is 11.5 Å². The van der Waals surface area contributed by atoms with Crippen molar-refractivity contribution in [1.82, 2.24) is 9.55 Å². The van der Waals surface area contributed by atoms with Crippen molar-refractivity contribution in [3.63, 3.8) is 0 Å². The van der Waals surface area contributed by atoms with Crippen LogP contribution in [0.1, 0.15) is 47.2 Å². The second kappa shape index (κ2) is 8.25. The maximum Gasteiger partial charge on any atom is 0.267 e. The van der Waals surface area contributed by atoms with Gasteiger partial charge in [0.05, 0.1) is 6.61 Å². The van der Waals surface area contributed by atoms with Crippen LogP contribution in [0.3, 0.4) is 0 Å². The predicted octanol–water partition coefficient (Wildman–Crippen LogP) is 1.07. The van der Waals surface area contributed by atoms with E-state index in [9.17, 15) is 19.1 Å². The largest absolute Gasteiger partial charge is 0.367 e. The molecule has 3 heterocycles. The van der Waals surface area contributed by atoms with Gasteiger partial charge in [-0.1, -0.05) is 12.1 Å². The SMILES string of the molecule is NC(=O)c1cc(=O)n2c(n1)C([N+]1(Cc3ccc(F)cc3)CCOCC1O)CCCC2. The zero-order valence-corrected chi connectivity index (χ0v) is 16.7. The Bertz CT molecular complexity index is 993. The third-order valence-electron chi connectivity index (χ3n) is 6.22. The summed E-state index contributed by atoms with van der Waals surface area (Å²) in [5, 5.41) is 11.1. The number of rotatable bonds is 4. The van der Waals surface area contributed by atoms with E-state index in [0.717, 1.165) is 18.4 Å². The lowest BCUT2D eigenvalue weighted by Crippen LogP contribution is -2.63. The Hall–Kier alpha value is -2.62. The van der Waals surface area contributed by atoms with Gasteiger partial charge in [-0.05, 0) is 25.0 Å². The molecular weight excluding hydrogens is 391 g/mol. The van der Waals surface area contributed by atoms with Crippen LogP contribution in [0.2, 0.25) is 0 Å². The van der Waals surface area contributed by atoms with Gasteiger partial charge in [0.15, 0.2) is 11.9 Å². The van der Waals surface area contributed by atoms with Gasteiger partial charge in [-0.15, -0.1) is 0 Å². The van der Waals surface area contributed by atoms with Gasteiger partial charge in [-0.25, -0.2) is 9.37 Å². The quantitative estimate of drug-likeness (QED) is 0.724. The summed E-state index contributed by atoms with van der Waals surface area (Å²) in [5.41, 5.74) is 5.89. The number of aliphatic hydroxyl groups is 1. The number of hydrogen-bond acceptors (Lipinski definition) is 5. The molecule has 3 atom stereocenters. The first-order valence-electron chi connectivity index (χ1n) is 10.2. The van der Waals surface area contributed by atoms with E-state index >= 15 is 0 Å². The number of nitrogens with zero attached hydrogens (tertiary/aromatic N) is 3. The molecule has 2 aromatic rings. The average molecular weight is 417 g/mol. The minimum absolute atomic E-state index is 0.0687. The molecule has 1 fully saturated rings. The molecule has 1 aromatic carbocycles. The molecule has 1 amide bonds. The Morgan fingerprint density at radius 1 is 1.33 bits per heavy atom. The number of morpholine rings is 1. The number of carbonyl (C=O) groups is 1. The molecule has 0 radical (unpaired) electrons. The summed E-state index contributed by atoms with van der Waals surface area (Å²) in [6.45, 7) is 2.01. The lowest BCUT2D eigenvalue weighted by molar-refractivity contribution is -1.02. The van der Waals surface area contributed by atoms with Crippen LogP contribution in [0.15, 0.2) is 35.1 Å². The summed E-state index contributed by atoms with van der Waals surface area (Å²) < 4.78 is 20.7. The highest BCUT2D eigenvalue weighted by Gasteiger charge is 2.48. The predicted molar refractivity (Wildman–Crippen MR) is 106 cm³/mol. The van der Waals surface area contributed by atoms with Crippen molar-refractivity contribution in [2.45, 2.75) is 44.6 Å². The van der Waals surface area contributed by atoms with Crippen LogP contribution in [0, 0.1) is 5.82 Å². The second-order valence-corrected chi connectivity index (χ2v) is 8.03. The highest BCUT2D eigenvalue weighted by atomic mass is 19.1. The van der Waals surface area contributed by atoms with Crippen LogP contribution in [-0.2, 0) is 17.8 Å². The average Bonchev–Trinajstić information content (AvgIpc) is 2.95. The summed E-state index contributed by atoms with van der Waals surface area (Å²) in [4.78, 5) is 29.0. The van der Waals surface area contributed by atoms with Gasteiger partial charge < -0.3 is 15.6 Å². The fourth-order valence-corrected chi connectivity index (χ4v) is 4.66. The Labute approximate surface area is 173 Å². The van der Waals surface area contributed by atoms with Crippen molar-refractivity contribution in [1.29, 1.82) is 0 Å². The number of hydrogen-bond donors (Lipinski definition) is 2. The highest BCUT2D eigenvalue weighted by Crippen LogP contribution is 2.39. The van der Waals surface area contributed by atoms with Crippen LogP contribution >= 0.6 is 0 Å². The first-order valence-corrected chi connectivity index (χ1v) is 10.2. The number of carbonyl (C=O) groups excluding carboxylic acids is 1. The van der Waals surface area contributed by atoms with Crippen molar-refractivity contribution in [3.8, 4) is 0 Å². The number of ether oxygens (including phenoxy) is 1. The van der Waals surface area contributed by atoms with Crippen molar-refractivity contribution in [3.05, 3.63) is 63.6 Å². The molecule has 2 aliphatic rings. The maximum atomic E-state index is 13.4. The molecule has 0 aliphatic carbocycles. The Balaban J connectivity index is 1.86. The molecule has 1 aromatic heterocycles. The van der Waals surface area contributed by atoms with E-state index in [1.54, 1.807) is 16.7 Å². The number of fused-ring (bicyclic) bond motifs is 1. The standard InChI is InChI=1S/C21H25FN4O4/c22-15-6-4-14(5-7-15)12-26(9-10-30-13-19(26)28)17-3-1-2-8-25-18(27)11-16(20(23)29)24-21(17)25/h4-7,11,17,19,28H,1-3,8-10,12-13H2,(H-,23,29)/p+1. The molecule has 3 N–H and O–H groups in total. The van der Waals surface area contributed by atoms with Crippen LogP contribution in [-0.4, -0.2) is 51.0 Å². The van der Waals surface area contributed by atoms with Crippen LogP contribution in [0.25, 0.3) is 0 Å². The third-order valence-corrected chi connectivity index (χ3v) is 6.22. The first kappa shape index (κ1) is 20.6. The van der Waals surface area contributed by atoms with E-state index in [1.165, 1.54) is 18.2 Å². The van der Waals surface area contributed by atoms with Gasteiger partial charge >= 0.3 is 0 Å². The molecule has 3 unspecified atom stereocenters. The maximum absolute atomic E-state index is 13.4. The van der Waals surface area contributed by atoms with E-state index in [2.05, 4.69) is 4.98 Å². The molecule has 0 bridgehead atoms. The van der Waals surface area contributed by atoms with Crippen molar-refractivity contribution in [2.75, 3.05) is 19.8 Å². The molecule has 160 valence electrons. The van der Waals surface area contributed by atoms with Gasteiger partial charge in [-0.2, -0.15) is 0 Å². The summed E-state index contributed by atoms with van der Waals surface area (Å²) in [5.74, 6) is -0.616. The molecule has 0 spiro atoms. The molecule has 0 saturated carbocycles. The number of aromatic nitrogens is 2. The van der Waals surface area contributed by atoms with E-state index in [0.29, 0.717) is 38.5 Å². The van der Waals surface area contributed by atoms with Crippen molar-refractivity contribution < 1.29 is 23.5 Å². The molecule has 1 saturated heterocycles. The topological polar surface area (TPSA) is 107 Å². The Morgan fingerprint density at radius 2 is 2.10 bits per heavy atom. The summed E-state index contributed by atoms with van der Waals surface area (Å²) >= 11 is 0. The summed E-state index contributed by atoms with van der Waals surface area (Å²) in [6, 6.07) is 7.04. The molecule has 9 heteroatoms. The first-order chi connectivity index (χ1) is 14.4. The van der Waals surface area contributed by atoms with Gasteiger partial charge in [0.2, 0.25) is 6.23 Å². The number of amides is 1. The summed E-state index contributed by atoms with van der Waals surface area (Å²) in [7, 11) is 0. The lowest BCUT2D eigenvalue weighted by atomic mass is 10.0. The second-order valence-electron chi connectivity index (χ2n) is 8.03. The number of primary amides is 1. The Morgan fingerprint density at radius 3 is 2.80 bits per heavy atom. The van der Waals surface area contributed by atoms with Gasteiger partial charge in [-0.3, -0.25) is 18.6 Å². The zero-order valence-electron chi connectivity index (χ0n) is 16.7. The third kappa shape index (κ3) is 3.76. The number of quaternary nitrogens is 1. The number of benzene rings is 1. The van der Waals surface area contributed by atoms with Gasteiger partial charge in [0, 0.05) is 24.6 Å². The number of aliphatic hydroxyl groups excluding tert-OH is 1. The van der Waals surface area contributed by atoms with Crippen molar-refractivity contribution >= 4 is 5.91 Å². The highest BCUT2D eigenvalue weighted by molar-refractivity contribution is 5.90. The monoisotopic (exact) mass is 417 g/mol. The van der Waals surface area contributed by atoms with E-state index < -0.39 is 12.1 Å². The minimum atomic E-state index is -0.852. The van der Waals surface area contributed by atoms with E-state index in [4.69, 9.17) is 10.5 Å². The number of halogens is 1. The Kier molecular flexibility index (Phi) is 5.68. The number of nitrogens with two attached hydrogens (primary N) is 1. The molecule has 2 aliphatic heterocycles. The fraction of sp³-hybridized carbons (Fsp3) is 0.476. The van der Waals surface area contributed by atoms with E-state index in [-0.39, 0.29) is 34.2 Å². The molecular formula is C21H26FN4O4+. The van der Waals surface area contributed by atoms with Crippen LogP contribution in [0.4, 0.5) is 4.39 Å². The van der Waals surface area contributed by atoms with Crippen LogP contribution < -0.4 is 11.3 Å². The molecule has 8 nitrogen and oxygen atoms in total. The van der Waals surface area contributed by atoms with Crippen molar-refractivity contribution in [2.24, 2.45) is 5.73 Å². The van der Waals surface area contributed by atoms with E-state index in [1.807, 2.05) is 0 Å². The lowest BCUT2D eigenvalue weighted by Gasteiger charge is -2.49. The summed E-state index contributed by atoms with van der Waals surface area (Å²) in [6.07, 6.45) is 1.47. The smallest absolute Gasteiger partial charge is 0.267 e. The molecule has 30 heavy (non-hydrogen) atoms.